The number of hydrogen-bond donors (Lipinski definition) is 1. The fourth-order valence-corrected chi connectivity index (χ4v) is 2.29. The Morgan fingerprint density at radius 2 is 1.92 bits per heavy atom. The molecule has 1 atom stereocenters. The predicted octanol–water partition coefficient (Wildman–Crippen LogP) is 2.50. The molecule has 1 N–H and O–H groups in total. The third-order valence-electron chi connectivity index (χ3n) is 3.59. The number of nitrogens with one attached hydrogen (secondary N) is 1. The summed E-state index contributed by atoms with van der Waals surface area (Å²) in [6.07, 6.45) is 0. The number of halogens is 2. The van der Waals surface area contributed by atoms with Crippen molar-refractivity contribution in [2.24, 2.45) is 0 Å². The molecule has 0 fully saturated rings. The lowest BCUT2D eigenvalue weighted by molar-refractivity contribution is -0.122. The number of rotatable bonds is 5. The Kier molecular flexibility index (Phi) is 4.78. The highest BCUT2D eigenvalue weighted by atomic mass is 19.2. The molecule has 3 aromatic rings. The first-order valence-electron chi connectivity index (χ1n) is 7.60. The van der Waals surface area contributed by atoms with Crippen molar-refractivity contribution in [3.8, 4) is 11.4 Å². The molecule has 6 nitrogen and oxygen atoms in total. The van der Waals surface area contributed by atoms with E-state index in [4.69, 9.17) is 0 Å². The van der Waals surface area contributed by atoms with E-state index in [2.05, 4.69) is 20.7 Å². The van der Waals surface area contributed by atoms with Crippen LogP contribution in [0.4, 0.5) is 8.78 Å². The second-order valence-corrected chi connectivity index (χ2v) is 5.47. The molecule has 0 aliphatic rings. The average Bonchev–Trinajstić information content (AvgIpc) is 3.06. The molecular weight excluding hydrogens is 328 g/mol. The van der Waals surface area contributed by atoms with E-state index in [1.165, 1.54) is 10.9 Å². The van der Waals surface area contributed by atoms with E-state index in [1.54, 1.807) is 6.92 Å². The van der Waals surface area contributed by atoms with Crippen LogP contribution in [0.5, 0.6) is 0 Å². The summed E-state index contributed by atoms with van der Waals surface area (Å²) in [5, 5.41) is 14.6. The van der Waals surface area contributed by atoms with E-state index >= 15 is 0 Å². The molecular formula is C17H15F2N5O. The van der Waals surface area contributed by atoms with Gasteiger partial charge in [0.05, 0.1) is 6.04 Å². The number of hydrogen-bond acceptors (Lipinski definition) is 4. The van der Waals surface area contributed by atoms with Crippen molar-refractivity contribution in [3.63, 3.8) is 0 Å². The van der Waals surface area contributed by atoms with E-state index in [1.807, 2.05) is 30.3 Å². The van der Waals surface area contributed by atoms with Gasteiger partial charge in [-0.3, -0.25) is 4.79 Å². The van der Waals surface area contributed by atoms with Crippen molar-refractivity contribution >= 4 is 5.91 Å². The maximum Gasteiger partial charge on any atom is 0.244 e. The third kappa shape index (κ3) is 4.03. The summed E-state index contributed by atoms with van der Waals surface area (Å²) in [4.78, 5) is 13.3. The fourth-order valence-electron chi connectivity index (χ4n) is 2.29. The van der Waals surface area contributed by atoms with Gasteiger partial charge in [0.1, 0.15) is 6.54 Å². The molecule has 2 aromatic carbocycles. The molecule has 0 radical (unpaired) electrons. The molecule has 8 heteroatoms. The summed E-state index contributed by atoms with van der Waals surface area (Å²) in [6.45, 7) is 1.54. The summed E-state index contributed by atoms with van der Waals surface area (Å²) in [5.74, 6) is -1.83. The zero-order valence-corrected chi connectivity index (χ0v) is 13.4. The summed E-state index contributed by atoms with van der Waals surface area (Å²) >= 11 is 0. The van der Waals surface area contributed by atoms with Crippen LogP contribution in [-0.2, 0) is 11.3 Å². The lowest BCUT2D eigenvalue weighted by atomic mass is 10.1. The van der Waals surface area contributed by atoms with Crippen molar-refractivity contribution in [2.45, 2.75) is 19.5 Å². The van der Waals surface area contributed by atoms with Gasteiger partial charge in [-0.15, -0.1) is 10.2 Å². The predicted molar refractivity (Wildman–Crippen MR) is 86.2 cm³/mol. The van der Waals surface area contributed by atoms with Crippen LogP contribution in [0.2, 0.25) is 0 Å². The summed E-state index contributed by atoms with van der Waals surface area (Å²) < 4.78 is 26.2. The van der Waals surface area contributed by atoms with Gasteiger partial charge in [0.25, 0.3) is 0 Å². The van der Waals surface area contributed by atoms with Crippen LogP contribution in [0.1, 0.15) is 18.5 Å². The zero-order valence-electron chi connectivity index (χ0n) is 13.4. The van der Waals surface area contributed by atoms with Crippen molar-refractivity contribution in [2.75, 3.05) is 0 Å². The second kappa shape index (κ2) is 7.16. The van der Waals surface area contributed by atoms with Crippen LogP contribution in [0.3, 0.4) is 0 Å². The van der Waals surface area contributed by atoms with Gasteiger partial charge in [-0.2, -0.15) is 4.80 Å². The smallest absolute Gasteiger partial charge is 0.244 e. The molecule has 0 bridgehead atoms. The highest BCUT2D eigenvalue weighted by Gasteiger charge is 2.14. The highest BCUT2D eigenvalue weighted by molar-refractivity contribution is 5.76. The summed E-state index contributed by atoms with van der Waals surface area (Å²) in [6, 6.07) is 12.3. The van der Waals surface area contributed by atoms with Crippen molar-refractivity contribution in [1.82, 2.24) is 25.5 Å². The van der Waals surface area contributed by atoms with Gasteiger partial charge in [0.15, 0.2) is 11.6 Å². The molecule has 1 amide bonds. The van der Waals surface area contributed by atoms with Gasteiger partial charge < -0.3 is 5.32 Å². The topological polar surface area (TPSA) is 72.7 Å². The normalized spacial score (nSPS) is 12.0. The van der Waals surface area contributed by atoms with Gasteiger partial charge in [-0.05, 0) is 29.8 Å². The molecule has 3 rings (SSSR count). The maximum absolute atomic E-state index is 13.3. The van der Waals surface area contributed by atoms with Gasteiger partial charge in [-0.25, -0.2) is 8.78 Å². The van der Waals surface area contributed by atoms with Gasteiger partial charge in [0, 0.05) is 5.56 Å². The Balaban J connectivity index is 1.62. The van der Waals surface area contributed by atoms with Crippen LogP contribution >= 0.6 is 0 Å². The van der Waals surface area contributed by atoms with Gasteiger partial charge in [0.2, 0.25) is 11.7 Å². The number of tetrazole rings is 1. The molecule has 25 heavy (non-hydrogen) atoms. The van der Waals surface area contributed by atoms with Crippen molar-refractivity contribution < 1.29 is 13.6 Å². The first kappa shape index (κ1) is 16.7. The van der Waals surface area contributed by atoms with Crippen LogP contribution < -0.4 is 5.32 Å². The van der Waals surface area contributed by atoms with Crippen molar-refractivity contribution in [3.05, 3.63) is 65.7 Å². The van der Waals surface area contributed by atoms with Gasteiger partial charge in [-0.1, -0.05) is 36.4 Å². The number of nitrogens with zero attached hydrogens (tertiary/aromatic N) is 4. The van der Waals surface area contributed by atoms with Crippen LogP contribution in [0.15, 0.2) is 48.5 Å². The molecule has 1 heterocycles. The monoisotopic (exact) mass is 343 g/mol. The maximum atomic E-state index is 13.3. The number of benzene rings is 2. The second-order valence-electron chi connectivity index (χ2n) is 5.47. The van der Waals surface area contributed by atoms with E-state index in [-0.39, 0.29) is 12.5 Å². The Hall–Kier alpha value is -3.16. The number of aromatic nitrogens is 4. The lowest BCUT2D eigenvalue weighted by Gasteiger charge is -2.14. The van der Waals surface area contributed by atoms with E-state index in [0.717, 1.165) is 17.7 Å². The number of carbonyl (C=O) groups excluding carboxylic acids is 1. The SMILES string of the molecule is CC(NC(=O)Cn1nnc(-c2ccccc2)n1)c1ccc(F)c(F)c1. The van der Waals surface area contributed by atoms with Crippen LogP contribution in [-0.4, -0.2) is 26.1 Å². The minimum Gasteiger partial charge on any atom is -0.348 e. The number of amides is 1. The van der Waals surface area contributed by atoms with Gasteiger partial charge >= 0.3 is 0 Å². The van der Waals surface area contributed by atoms with E-state index < -0.39 is 17.7 Å². The molecule has 0 aliphatic carbocycles. The third-order valence-corrected chi connectivity index (χ3v) is 3.59. The highest BCUT2D eigenvalue weighted by Crippen LogP contribution is 2.16. The molecule has 128 valence electrons. The Labute approximate surface area is 142 Å². The summed E-state index contributed by atoms with van der Waals surface area (Å²) in [5.41, 5.74) is 1.26. The summed E-state index contributed by atoms with van der Waals surface area (Å²) in [7, 11) is 0. The quantitative estimate of drug-likeness (QED) is 0.772. The fraction of sp³-hybridized carbons (Fsp3) is 0.176. The molecule has 1 unspecified atom stereocenters. The lowest BCUT2D eigenvalue weighted by Crippen LogP contribution is -2.31. The van der Waals surface area contributed by atoms with Crippen molar-refractivity contribution in [1.29, 1.82) is 0 Å². The first-order chi connectivity index (χ1) is 12.0. The Morgan fingerprint density at radius 3 is 2.64 bits per heavy atom. The standard InChI is InChI=1S/C17H15F2N5O/c1-11(13-7-8-14(18)15(19)9-13)20-16(25)10-24-22-17(21-23-24)12-5-3-2-4-6-12/h2-9,11H,10H2,1H3,(H,20,25). The molecule has 0 saturated carbocycles. The molecule has 0 spiro atoms. The van der Waals surface area contributed by atoms with Crippen LogP contribution in [0.25, 0.3) is 11.4 Å². The minimum absolute atomic E-state index is 0.131. The Bertz CT molecular complexity index is 882. The largest absolute Gasteiger partial charge is 0.348 e. The van der Waals surface area contributed by atoms with Crippen LogP contribution in [0, 0.1) is 11.6 Å². The van der Waals surface area contributed by atoms with E-state index in [0.29, 0.717) is 11.4 Å². The first-order valence-corrected chi connectivity index (χ1v) is 7.60. The van der Waals surface area contributed by atoms with E-state index in [9.17, 15) is 13.6 Å². The minimum atomic E-state index is -0.955. The molecule has 1 aromatic heterocycles. The molecule has 0 saturated heterocycles. The average molecular weight is 343 g/mol. The zero-order chi connectivity index (χ0) is 17.8. The Morgan fingerprint density at radius 1 is 1.16 bits per heavy atom. The number of carbonyl (C=O) groups is 1. The molecule has 0 aliphatic heterocycles.